The Morgan fingerprint density at radius 3 is 2.86 bits per heavy atom. The van der Waals surface area contributed by atoms with Crippen LogP contribution in [0.4, 0.5) is 0 Å². The summed E-state index contributed by atoms with van der Waals surface area (Å²) < 4.78 is 10.4. The summed E-state index contributed by atoms with van der Waals surface area (Å²) in [6, 6.07) is 10.7. The molecule has 0 aliphatic rings. The molecule has 0 aliphatic carbocycles. The first-order valence-electron chi connectivity index (χ1n) is 8.96. The standard InChI is InChI=1S/C20H17N5O4/c1-2-28-16-8-7-12(9-22-16)19-24-17(29-25-19)11-23-20(27)18(26)14-10-21-15-6-4-3-5-13(14)15/h3-10,21H,2,11H2,1H3,(H,23,27). The third-order valence-electron chi connectivity index (χ3n) is 4.20. The molecule has 146 valence electrons. The predicted octanol–water partition coefficient (Wildman–Crippen LogP) is 2.51. The van der Waals surface area contributed by atoms with Crippen molar-refractivity contribution in [1.29, 1.82) is 0 Å². The van der Waals surface area contributed by atoms with E-state index in [-0.39, 0.29) is 12.4 Å². The number of aromatic amines is 1. The van der Waals surface area contributed by atoms with Gasteiger partial charge < -0.3 is 19.6 Å². The number of carbonyl (C=O) groups is 2. The number of hydrogen-bond donors (Lipinski definition) is 2. The Hall–Kier alpha value is -4.01. The minimum atomic E-state index is -0.753. The summed E-state index contributed by atoms with van der Waals surface area (Å²) in [6.07, 6.45) is 3.09. The van der Waals surface area contributed by atoms with Gasteiger partial charge in [0.05, 0.1) is 18.7 Å². The Balaban J connectivity index is 1.40. The van der Waals surface area contributed by atoms with Gasteiger partial charge in [-0.2, -0.15) is 4.98 Å². The van der Waals surface area contributed by atoms with Crippen LogP contribution in [0.3, 0.4) is 0 Å². The largest absolute Gasteiger partial charge is 0.478 e. The number of ether oxygens (including phenoxy) is 1. The highest BCUT2D eigenvalue weighted by Gasteiger charge is 2.20. The van der Waals surface area contributed by atoms with Gasteiger partial charge in [-0.3, -0.25) is 9.59 Å². The molecule has 0 saturated carbocycles. The molecule has 29 heavy (non-hydrogen) atoms. The van der Waals surface area contributed by atoms with Gasteiger partial charge in [0.15, 0.2) is 0 Å². The van der Waals surface area contributed by atoms with Crippen LogP contribution in [0.25, 0.3) is 22.3 Å². The van der Waals surface area contributed by atoms with Crippen LogP contribution in [-0.2, 0) is 11.3 Å². The fourth-order valence-corrected chi connectivity index (χ4v) is 2.81. The molecule has 0 fully saturated rings. The SMILES string of the molecule is CCOc1ccc(-c2noc(CNC(=O)C(=O)c3c[nH]c4ccccc34)n2)cn1. The average Bonchev–Trinajstić information content (AvgIpc) is 3.39. The van der Waals surface area contributed by atoms with Crippen LogP contribution in [0.1, 0.15) is 23.2 Å². The van der Waals surface area contributed by atoms with Crippen molar-refractivity contribution in [2.24, 2.45) is 0 Å². The Kier molecular flexibility index (Phi) is 5.02. The van der Waals surface area contributed by atoms with E-state index in [9.17, 15) is 9.59 Å². The van der Waals surface area contributed by atoms with Crippen molar-refractivity contribution in [2.45, 2.75) is 13.5 Å². The summed E-state index contributed by atoms with van der Waals surface area (Å²) >= 11 is 0. The molecule has 3 heterocycles. The number of Topliss-reactive ketones (excluding diaryl/α,β-unsaturated/α-hetero) is 1. The van der Waals surface area contributed by atoms with Crippen LogP contribution in [0, 0.1) is 0 Å². The van der Waals surface area contributed by atoms with Gasteiger partial charge in [0.2, 0.25) is 17.6 Å². The maximum Gasteiger partial charge on any atom is 0.292 e. The minimum Gasteiger partial charge on any atom is -0.478 e. The summed E-state index contributed by atoms with van der Waals surface area (Å²) in [7, 11) is 0. The lowest BCUT2D eigenvalue weighted by Gasteiger charge is -2.01. The van der Waals surface area contributed by atoms with E-state index < -0.39 is 11.7 Å². The lowest BCUT2D eigenvalue weighted by Crippen LogP contribution is -2.30. The monoisotopic (exact) mass is 391 g/mol. The summed E-state index contributed by atoms with van der Waals surface area (Å²) in [5.41, 5.74) is 1.74. The lowest BCUT2D eigenvalue weighted by atomic mass is 10.1. The molecule has 9 nitrogen and oxygen atoms in total. The number of ketones is 1. The van der Waals surface area contributed by atoms with Gasteiger partial charge in [-0.05, 0) is 19.1 Å². The molecule has 0 spiro atoms. The Morgan fingerprint density at radius 1 is 1.21 bits per heavy atom. The molecule has 0 unspecified atom stereocenters. The second kappa shape index (κ2) is 7.93. The van der Waals surface area contributed by atoms with Crippen LogP contribution in [0.15, 0.2) is 53.3 Å². The lowest BCUT2D eigenvalue weighted by molar-refractivity contribution is -0.117. The molecule has 4 aromatic rings. The van der Waals surface area contributed by atoms with Crippen molar-refractivity contribution in [3.05, 3.63) is 60.2 Å². The number of carbonyl (C=O) groups excluding carboxylic acids is 2. The fourth-order valence-electron chi connectivity index (χ4n) is 2.81. The molecule has 1 amide bonds. The Bertz CT molecular complexity index is 1160. The highest BCUT2D eigenvalue weighted by atomic mass is 16.5. The molecular weight excluding hydrogens is 374 g/mol. The van der Waals surface area contributed by atoms with Crippen molar-refractivity contribution in [1.82, 2.24) is 25.4 Å². The second-order valence-electron chi connectivity index (χ2n) is 6.09. The zero-order valence-corrected chi connectivity index (χ0v) is 15.5. The maximum absolute atomic E-state index is 12.4. The summed E-state index contributed by atoms with van der Waals surface area (Å²) in [5, 5.41) is 7.07. The third-order valence-corrected chi connectivity index (χ3v) is 4.20. The molecular formula is C20H17N5O4. The number of H-pyrrole nitrogens is 1. The molecule has 1 aromatic carbocycles. The Labute approximate surface area is 165 Å². The molecule has 3 aromatic heterocycles. The van der Waals surface area contributed by atoms with Crippen molar-refractivity contribution < 1.29 is 18.8 Å². The van der Waals surface area contributed by atoms with Gasteiger partial charge in [-0.15, -0.1) is 0 Å². The zero-order valence-electron chi connectivity index (χ0n) is 15.5. The van der Waals surface area contributed by atoms with Crippen molar-refractivity contribution in [3.63, 3.8) is 0 Å². The van der Waals surface area contributed by atoms with E-state index in [1.54, 1.807) is 30.5 Å². The summed E-state index contributed by atoms with van der Waals surface area (Å²) in [4.78, 5) is 36.0. The van der Waals surface area contributed by atoms with Crippen LogP contribution >= 0.6 is 0 Å². The van der Waals surface area contributed by atoms with Gasteiger partial charge in [-0.25, -0.2) is 4.98 Å². The number of amides is 1. The quantitative estimate of drug-likeness (QED) is 0.366. The first-order valence-corrected chi connectivity index (χ1v) is 8.96. The summed E-state index contributed by atoms with van der Waals surface area (Å²) in [6.45, 7) is 2.33. The van der Waals surface area contributed by atoms with Crippen LogP contribution in [0.2, 0.25) is 0 Å². The third kappa shape index (κ3) is 3.84. The number of nitrogens with zero attached hydrogens (tertiary/aromatic N) is 3. The molecule has 0 saturated heterocycles. The van der Waals surface area contributed by atoms with E-state index >= 15 is 0 Å². The molecule has 0 atom stereocenters. The number of para-hydroxylation sites is 1. The molecule has 2 N–H and O–H groups in total. The van der Waals surface area contributed by atoms with Crippen LogP contribution < -0.4 is 10.1 Å². The van der Waals surface area contributed by atoms with E-state index in [1.165, 1.54) is 6.20 Å². The fraction of sp³-hybridized carbons (Fsp3) is 0.150. The molecule has 9 heteroatoms. The maximum atomic E-state index is 12.4. The smallest absolute Gasteiger partial charge is 0.292 e. The van der Waals surface area contributed by atoms with E-state index in [1.807, 2.05) is 19.1 Å². The average molecular weight is 391 g/mol. The summed E-state index contributed by atoms with van der Waals surface area (Å²) in [5.74, 6) is -0.389. The van der Waals surface area contributed by atoms with Gasteiger partial charge in [-0.1, -0.05) is 23.4 Å². The van der Waals surface area contributed by atoms with E-state index in [0.29, 0.717) is 34.8 Å². The number of aromatic nitrogens is 4. The van der Waals surface area contributed by atoms with Gasteiger partial charge >= 0.3 is 0 Å². The van der Waals surface area contributed by atoms with Crippen molar-refractivity contribution in [2.75, 3.05) is 6.61 Å². The van der Waals surface area contributed by atoms with E-state index in [0.717, 1.165) is 5.52 Å². The normalized spacial score (nSPS) is 10.8. The predicted molar refractivity (Wildman–Crippen MR) is 103 cm³/mol. The van der Waals surface area contributed by atoms with Crippen molar-refractivity contribution >= 4 is 22.6 Å². The number of nitrogens with one attached hydrogen (secondary N) is 2. The Morgan fingerprint density at radius 2 is 2.07 bits per heavy atom. The number of fused-ring (bicyclic) bond motifs is 1. The first kappa shape index (κ1) is 18.4. The van der Waals surface area contributed by atoms with Crippen LogP contribution in [0.5, 0.6) is 5.88 Å². The minimum absolute atomic E-state index is 0.0651. The number of pyridine rings is 1. The van der Waals surface area contributed by atoms with E-state index in [4.69, 9.17) is 9.26 Å². The zero-order chi connectivity index (χ0) is 20.2. The first-order chi connectivity index (χ1) is 14.2. The second-order valence-corrected chi connectivity index (χ2v) is 6.09. The molecule has 0 radical (unpaired) electrons. The molecule has 0 bridgehead atoms. The highest BCUT2D eigenvalue weighted by molar-refractivity contribution is 6.44. The van der Waals surface area contributed by atoms with Gasteiger partial charge in [0.1, 0.15) is 0 Å². The number of benzene rings is 1. The topological polar surface area (TPSA) is 123 Å². The van der Waals surface area contributed by atoms with Crippen molar-refractivity contribution in [3.8, 4) is 17.3 Å². The molecule has 0 aliphatic heterocycles. The van der Waals surface area contributed by atoms with Crippen LogP contribution in [-0.4, -0.2) is 38.4 Å². The molecule has 4 rings (SSSR count). The highest BCUT2D eigenvalue weighted by Crippen LogP contribution is 2.19. The number of rotatable bonds is 7. The van der Waals surface area contributed by atoms with Gasteiger partial charge in [0, 0.05) is 34.9 Å². The number of hydrogen-bond acceptors (Lipinski definition) is 7. The van der Waals surface area contributed by atoms with Gasteiger partial charge in [0.25, 0.3) is 11.7 Å². The van der Waals surface area contributed by atoms with E-state index in [2.05, 4.69) is 25.4 Å².